The fourth-order valence-electron chi connectivity index (χ4n) is 3.48. The number of sulfonamides is 1. The first-order chi connectivity index (χ1) is 14.9. The molecule has 1 amide bonds. The molecule has 6 nitrogen and oxygen atoms in total. The molecule has 0 radical (unpaired) electrons. The molecule has 1 N–H and O–H groups in total. The molecule has 1 saturated heterocycles. The third-order valence-corrected chi connectivity index (χ3v) is 7.09. The molecule has 174 valence electrons. The number of carbonyl (C=O) groups excluding carboxylic acids is 1. The molecule has 2 aromatic carbocycles. The van der Waals surface area contributed by atoms with Crippen LogP contribution in [-0.2, 0) is 16.2 Å². The summed E-state index contributed by atoms with van der Waals surface area (Å²) in [6.45, 7) is 0.517. The van der Waals surface area contributed by atoms with E-state index in [1.165, 1.54) is 15.3 Å². The maximum atomic E-state index is 14.4. The molecule has 0 saturated carbocycles. The van der Waals surface area contributed by atoms with Crippen molar-refractivity contribution in [3.63, 3.8) is 0 Å². The minimum absolute atomic E-state index is 0.111. The van der Waals surface area contributed by atoms with Gasteiger partial charge in [-0.15, -0.1) is 0 Å². The maximum absolute atomic E-state index is 14.4. The summed E-state index contributed by atoms with van der Waals surface area (Å²) < 4.78 is 80.7. The van der Waals surface area contributed by atoms with Crippen LogP contribution in [0.3, 0.4) is 0 Å². The van der Waals surface area contributed by atoms with Crippen LogP contribution in [-0.4, -0.2) is 45.8 Å². The number of carbonyl (C=O) groups is 1. The first-order valence-electron chi connectivity index (χ1n) is 9.91. The molecule has 0 aliphatic carbocycles. The Kier molecular flexibility index (Phi) is 6.80. The molecule has 2 aromatic rings. The van der Waals surface area contributed by atoms with Crippen LogP contribution in [0.15, 0.2) is 41.3 Å². The normalized spacial score (nSPS) is 15.4. The van der Waals surface area contributed by atoms with Crippen molar-refractivity contribution in [2.24, 2.45) is 0 Å². The van der Waals surface area contributed by atoms with Gasteiger partial charge in [0.2, 0.25) is 10.0 Å². The quantitative estimate of drug-likeness (QED) is 0.656. The van der Waals surface area contributed by atoms with E-state index in [1.807, 2.05) is 0 Å². The van der Waals surface area contributed by atoms with Crippen LogP contribution < -0.4 is 10.2 Å². The van der Waals surface area contributed by atoms with E-state index >= 15 is 0 Å². The molecular formula is C21H23F4N3O3S. The van der Waals surface area contributed by atoms with Crippen LogP contribution in [0.25, 0.3) is 0 Å². The van der Waals surface area contributed by atoms with E-state index in [2.05, 4.69) is 5.32 Å². The van der Waals surface area contributed by atoms with Crippen LogP contribution in [0, 0.1) is 5.82 Å². The molecule has 1 aliphatic heterocycles. The zero-order chi connectivity index (χ0) is 23.7. The summed E-state index contributed by atoms with van der Waals surface area (Å²) in [5.74, 6) is -1.86. The average molecular weight is 473 g/mol. The van der Waals surface area contributed by atoms with Gasteiger partial charge in [-0.25, -0.2) is 12.8 Å². The number of amides is 1. The van der Waals surface area contributed by atoms with E-state index in [4.69, 9.17) is 0 Å². The molecule has 0 aromatic heterocycles. The molecule has 0 atom stereocenters. The van der Waals surface area contributed by atoms with Gasteiger partial charge in [0, 0.05) is 32.7 Å². The van der Waals surface area contributed by atoms with Crippen molar-refractivity contribution >= 4 is 27.3 Å². The summed E-state index contributed by atoms with van der Waals surface area (Å²) >= 11 is 0. The Bertz CT molecular complexity index is 1110. The highest BCUT2D eigenvalue weighted by Crippen LogP contribution is 2.35. The van der Waals surface area contributed by atoms with Crippen LogP contribution in [0.2, 0.25) is 0 Å². The number of halogens is 4. The van der Waals surface area contributed by atoms with E-state index in [0.717, 1.165) is 36.8 Å². The second-order valence-electron chi connectivity index (χ2n) is 7.69. The third-order valence-electron chi connectivity index (χ3n) is 5.18. The van der Waals surface area contributed by atoms with Gasteiger partial charge in [-0.2, -0.15) is 17.5 Å². The standard InChI is InChI=1S/C21H23F4N3O3S/c1-27(2)18-9-7-15(21(23,24)25)13-17(18)26-20(29)14-6-8-16(22)19(12-14)32(30,31)28-10-4-3-5-11-28/h6-9,12-13H,3-5,10-11H2,1-2H3,(H,26,29). The number of alkyl halides is 3. The second kappa shape index (κ2) is 9.07. The lowest BCUT2D eigenvalue weighted by Gasteiger charge is -2.26. The lowest BCUT2D eigenvalue weighted by atomic mass is 10.1. The molecule has 1 fully saturated rings. The SMILES string of the molecule is CN(C)c1ccc(C(F)(F)F)cc1NC(=O)c1ccc(F)c(S(=O)(=O)N2CCCCC2)c1. The van der Waals surface area contributed by atoms with Crippen LogP contribution in [0.1, 0.15) is 35.2 Å². The molecule has 0 spiro atoms. The number of piperidine rings is 1. The van der Waals surface area contributed by atoms with Crippen molar-refractivity contribution < 1.29 is 30.8 Å². The van der Waals surface area contributed by atoms with Crippen molar-refractivity contribution in [3.05, 3.63) is 53.3 Å². The summed E-state index contributed by atoms with van der Waals surface area (Å²) in [6.07, 6.45) is -2.42. The molecule has 0 unspecified atom stereocenters. The van der Waals surface area contributed by atoms with Crippen LogP contribution in [0.4, 0.5) is 28.9 Å². The first-order valence-corrected chi connectivity index (χ1v) is 11.3. The minimum atomic E-state index is -4.62. The van der Waals surface area contributed by atoms with Crippen molar-refractivity contribution in [1.29, 1.82) is 0 Å². The number of nitrogens with one attached hydrogen (secondary N) is 1. The largest absolute Gasteiger partial charge is 0.416 e. The van der Waals surface area contributed by atoms with Crippen molar-refractivity contribution in [2.75, 3.05) is 37.4 Å². The molecule has 0 bridgehead atoms. The van der Waals surface area contributed by atoms with E-state index in [9.17, 15) is 30.8 Å². The number of anilines is 2. The van der Waals surface area contributed by atoms with Gasteiger partial charge in [0.25, 0.3) is 5.91 Å². The Labute approximate surface area is 183 Å². The molecule has 1 heterocycles. The molecule has 11 heteroatoms. The fraction of sp³-hybridized carbons (Fsp3) is 0.381. The Morgan fingerprint density at radius 3 is 2.28 bits per heavy atom. The first kappa shape index (κ1) is 24.0. The van der Waals surface area contributed by atoms with Gasteiger partial charge in [0.05, 0.1) is 16.9 Å². The van der Waals surface area contributed by atoms with Gasteiger partial charge < -0.3 is 10.2 Å². The Morgan fingerprint density at radius 2 is 1.69 bits per heavy atom. The van der Waals surface area contributed by atoms with Crippen molar-refractivity contribution in [2.45, 2.75) is 30.3 Å². The van der Waals surface area contributed by atoms with Crippen LogP contribution in [0.5, 0.6) is 0 Å². The van der Waals surface area contributed by atoms with Gasteiger partial charge in [-0.05, 0) is 49.2 Å². The minimum Gasteiger partial charge on any atom is -0.376 e. The Balaban J connectivity index is 1.95. The maximum Gasteiger partial charge on any atom is 0.416 e. The van der Waals surface area contributed by atoms with Crippen LogP contribution >= 0.6 is 0 Å². The fourth-order valence-corrected chi connectivity index (χ4v) is 5.09. The summed E-state index contributed by atoms with van der Waals surface area (Å²) in [7, 11) is -0.955. The van der Waals surface area contributed by atoms with Crippen molar-refractivity contribution in [1.82, 2.24) is 4.31 Å². The number of nitrogens with zero attached hydrogens (tertiary/aromatic N) is 2. The Hall–Kier alpha value is -2.66. The van der Waals surface area contributed by atoms with Gasteiger partial charge in [0.1, 0.15) is 10.7 Å². The Morgan fingerprint density at radius 1 is 1.03 bits per heavy atom. The lowest BCUT2D eigenvalue weighted by molar-refractivity contribution is -0.137. The summed E-state index contributed by atoms with van der Waals surface area (Å²) in [5, 5.41) is 2.39. The lowest BCUT2D eigenvalue weighted by Crippen LogP contribution is -2.36. The molecule has 32 heavy (non-hydrogen) atoms. The number of benzene rings is 2. The molecule has 1 aliphatic rings. The topological polar surface area (TPSA) is 69.7 Å². The highest BCUT2D eigenvalue weighted by Gasteiger charge is 2.32. The smallest absolute Gasteiger partial charge is 0.376 e. The second-order valence-corrected chi connectivity index (χ2v) is 9.59. The summed E-state index contributed by atoms with van der Waals surface area (Å²) in [4.78, 5) is 13.7. The van der Waals surface area contributed by atoms with Gasteiger partial charge in [-0.3, -0.25) is 4.79 Å². The number of hydrogen-bond acceptors (Lipinski definition) is 4. The van der Waals surface area contributed by atoms with E-state index in [-0.39, 0.29) is 24.3 Å². The highest BCUT2D eigenvalue weighted by molar-refractivity contribution is 7.89. The highest BCUT2D eigenvalue weighted by atomic mass is 32.2. The van der Waals surface area contributed by atoms with E-state index in [0.29, 0.717) is 18.5 Å². The molecular weight excluding hydrogens is 450 g/mol. The van der Waals surface area contributed by atoms with Gasteiger partial charge in [0.15, 0.2) is 0 Å². The van der Waals surface area contributed by atoms with E-state index in [1.54, 1.807) is 14.1 Å². The zero-order valence-corrected chi connectivity index (χ0v) is 18.4. The van der Waals surface area contributed by atoms with Crippen molar-refractivity contribution in [3.8, 4) is 0 Å². The average Bonchev–Trinajstić information content (AvgIpc) is 2.73. The third kappa shape index (κ3) is 5.04. The predicted octanol–water partition coefficient (Wildman–Crippen LogP) is 4.34. The predicted molar refractivity (Wildman–Crippen MR) is 113 cm³/mol. The van der Waals surface area contributed by atoms with E-state index < -0.39 is 38.4 Å². The van der Waals surface area contributed by atoms with Gasteiger partial charge in [-0.1, -0.05) is 6.42 Å². The number of rotatable bonds is 5. The summed E-state index contributed by atoms with van der Waals surface area (Å²) in [6, 6.07) is 5.77. The number of hydrogen-bond donors (Lipinski definition) is 1. The monoisotopic (exact) mass is 473 g/mol. The molecule has 3 rings (SSSR count). The summed E-state index contributed by atoms with van der Waals surface area (Å²) in [5.41, 5.74) is -0.941. The van der Waals surface area contributed by atoms with Gasteiger partial charge >= 0.3 is 6.18 Å². The zero-order valence-electron chi connectivity index (χ0n) is 17.5.